The predicted octanol–water partition coefficient (Wildman–Crippen LogP) is 3.41. The fraction of sp³-hybridized carbons (Fsp3) is 0.227. The molecule has 0 atom stereocenters. The first-order valence-electron chi connectivity index (χ1n) is 9.11. The van der Waals surface area contributed by atoms with Gasteiger partial charge in [0.25, 0.3) is 5.91 Å². The molecule has 3 rings (SSSR count). The Bertz CT molecular complexity index is 1120. The van der Waals surface area contributed by atoms with E-state index in [1.165, 1.54) is 11.3 Å². The molecule has 0 unspecified atom stereocenters. The SMILES string of the molecule is C#CCn1c(=NC(=O)CCOc2ccccc2)sc2cc(C(=O)OCC)ccc21. The first-order chi connectivity index (χ1) is 14.1. The molecule has 0 aliphatic carbocycles. The molecule has 0 N–H and O–H groups in total. The average Bonchev–Trinajstić information content (AvgIpc) is 3.05. The van der Waals surface area contributed by atoms with E-state index in [2.05, 4.69) is 10.9 Å². The molecule has 1 heterocycles. The number of benzene rings is 2. The van der Waals surface area contributed by atoms with Crippen LogP contribution in [0.15, 0.2) is 53.5 Å². The smallest absolute Gasteiger partial charge is 0.338 e. The third kappa shape index (κ3) is 5.12. The summed E-state index contributed by atoms with van der Waals surface area (Å²) in [5, 5.41) is 0. The Labute approximate surface area is 172 Å². The number of ether oxygens (including phenoxy) is 2. The van der Waals surface area contributed by atoms with Gasteiger partial charge in [-0.2, -0.15) is 4.99 Å². The zero-order chi connectivity index (χ0) is 20.6. The van der Waals surface area contributed by atoms with Crippen LogP contribution < -0.4 is 9.54 Å². The van der Waals surface area contributed by atoms with E-state index < -0.39 is 0 Å². The van der Waals surface area contributed by atoms with Gasteiger partial charge in [0, 0.05) is 0 Å². The van der Waals surface area contributed by atoms with Gasteiger partial charge in [-0.05, 0) is 37.3 Å². The lowest BCUT2D eigenvalue weighted by Gasteiger charge is -2.04. The molecule has 0 aliphatic heterocycles. The van der Waals surface area contributed by atoms with Crippen LogP contribution in [0.4, 0.5) is 0 Å². The molecule has 0 bridgehead atoms. The lowest BCUT2D eigenvalue weighted by atomic mass is 10.2. The number of fused-ring (bicyclic) bond motifs is 1. The van der Waals surface area contributed by atoms with Gasteiger partial charge in [-0.3, -0.25) is 4.79 Å². The summed E-state index contributed by atoms with van der Waals surface area (Å²) in [7, 11) is 0. The molecule has 0 aliphatic rings. The molecule has 0 radical (unpaired) electrons. The molecule has 1 aromatic heterocycles. The maximum atomic E-state index is 12.3. The van der Waals surface area contributed by atoms with Gasteiger partial charge in [-0.25, -0.2) is 4.79 Å². The lowest BCUT2D eigenvalue weighted by molar-refractivity contribution is -0.118. The first kappa shape index (κ1) is 20.4. The van der Waals surface area contributed by atoms with Crippen molar-refractivity contribution in [2.75, 3.05) is 13.2 Å². The summed E-state index contributed by atoms with van der Waals surface area (Å²) in [6.45, 7) is 2.57. The van der Waals surface area contributed by atoms with Crippen molar-refractivity contribution in [3.8, 4) is 18.1 Å². The van der Waals surface area contributed by atoms with Crippen molar-refractivity contribution in [3.05, 3.63) is 58.9 Å². The first-order valence-corrected chi connectivity index (χ1v) is 9.93. The number of rotatable bonds is 7. The number of aromatic nitrogens is 1. The highest BCUT2D eigenvalue weighted by Crippen LogP contribution is 2.20. The van der Waals surface area contributed by atoms with Gasteiger partial charge < -0.3 is 14.0 Å². The molecular formula is C22H20N2O4S. The van der Waals surface area contributed by atoms with Crippen molar-refractivity contribution in [1.29, 1.82) is 0 Å². The van der Waals surface area contributed by atoms with Crippen molar-refractivity contribution in [3.63, 3.8) is 0 Å². The molecule has 7 heteroatoms. The molecule has 0 saturated heterocycles. The molecule has 0 fully saturated rings. The molecule has 148 valence electrons. The Kier molecular flexibility index (Phi) is 6.82. The van der Waals surface area contributed by atoms with E-state index in [9.17, 15) is 9.59 Å². The minimum atomic E-state index is -0.390. The van der Waals surface area contributed by atoms with E-state index in [-0.39, 0.29) is 31.4 Å². The van der Waals surface area contributed by atoms with E-state index >= 15 is 0 Å². The van der Waals surface area contributed by atoms with Gasteiger partial charge >= 0.3 is 5.97 Å². The number of thiazole rings is 1. The summed E-state index contributed by atoms with van der Waals surface area (Å²) in [6.07, 6.45) is 5.63. The number of nitrogens with zero attached hydrogens (tertiary/aromatic N) is 2. The van der Waals surface area contributed by atoms with Crippen LogP contribution >= 0.6 is 11.3 Å². The molecule has 0 saturated carbocycles. The van der Waals surface area contributed by atoms with Crippen LogP contribution in [0, 0.1) is 12.3 Å². The minimum absolute atomic E-state index is 0.146. The molecule has 6 nitrogen and oxygen atoms in total. The standard InChI is InChI=1S/C22H20N2O4S/c1-3-13-24-18-11-10-16(21(26)27-4-2)15-19(18)29-22(24)23-20(25)12-14-28-17-8-6-5-7-9-17/h1,5-11,15H,4,12-14H2,2H3. The number of hydrogen-bond acceptors (Lipinski definition) is 5. The Morgan fingerprint density at radius 1 is 1.21 bits per heavy atom. The number of carbonyl (C=O) groups is 2. The maximum Gasteiger partial charge on any atom is 0.338 e. The van der Waals surface area contributed by atoms with Crippen LogP contribution in [0.2, 0.25) is 0 Å². The second-order valence-electron chi connectivity index (χ2n) is 5.99. The lowest BCUT2D eigenvalue weighted by Crippen LogP contribution is -2.17. The van der Waals surface area contributed by atoms with Crippen molar-refractivity contribution in [2.24, 2.45) is 4.99 Å². The maximum absolute atomic E-state index is 12.3. The van der Waals surface area contributed by atoms with Gasteiger partial charge in [0.05, 0.1) is 42.0 Å². The van der Waals surface area contributed by atoms with Crippen molar-refractivity contribution < 1.29 is 19.1 Å². The van der Waals surface area contributed by atoms with Gasteiger partial charge in [0.15, 0.2) is 4.80 Å². The normalized spacial score (nSPS) is 11.2. The molecule has 3 aromatic rings. The second-order valence-corrected chi connectivity index (χ2v) is 7.00. The number of para-hydroxylation sites is 1. The molecule has 1 amide bonds. The van der Waals surface area contributed by atoms with Crippen molar-refractivity contribution >= 4 is 33.4 Å². The Balaban J connectivity index is 1.82. The third-order valence-electron chi connectivity index (χ3n) is 3.99. The van der Waals surface area contributed by atoms with Gasteiger partial charge in [-0.15, -0.1) is 6.42 Å². The summed E-state index contributed by atoms with van der Waals surface area (Å²) in [5.74, 6) is 2.59. The number of hydrogen-bond donors (Lipinski definition) is 0. The van der Waals surface area contributed by atoms with E-state index in [4.69, 9.17) is 15.9 Å². The van der Waals surface area contributed by atoms with Crippen LogP contribution in [-0.4, -0.2) is 29.7 Å². The summed E-state index contributed by atoms with van der Waals surface area (Å²) in [6, 6.07) is 14.5. The predicted molar refractivity (Wildman–Crippen MR) is 112 cm³/mol. The van der Waals surface area contributed by atoms with Crippen LogP contribution in [0.1, 0.15) is 23.7 Å². The highest BCUT2D eigenvalue weighted by atomic mass is 32.1. The number of esters is 1. The molecule has 29 heavy (non-hydrogen) atoms. The second kappa shape index (κ2) is 9.71. The summed E-state index contributed by atoms with van der Waals surface area (Å²) >= 11 is 1.30. The number of carbonyl (C=O) groups excluding carboxylic acids is 2. The van der Waals surface area contributed by atoms with Gasteiger partial charge in [0.1, 0.15) is 5.75 Å². The zero-order valence-electron chi connectivity index (χ0n) is 16.0. The fourth-order valence-electron chi connectivity index (χ4n) is 2.68. The third-order valence-corrected chi connectivity index (χ3v) is 5.03. The van der Waals surface area contributed by atoms with Gasteiger partial charge in [0.2, 0.25) is 0 Å². The quantitative estimate of drug-likeness (QED) is 0.444. The Hall–Kier alpha value is -3.37. The fourth-order valence-corrected chi connectivity index (χ4v) is 3.77. The average molecular weight is 408 g/mol. The summed E-state index contributed by atoms with van der Waals surface area (Å²) < 4.78 is 13.2. The van der Waals surface area contributed by atoms with E-state index in [0.717, 1.165) is 10.2 Å². The van der Waals surface area contributed by atoms with Crippen molar-refractivity contribution in [2.45, 2.75) is 19.9 Å². The molecule has 2 aromatic carbocycles. The van der Waals surface area contributed by atoms with Crippen LogP contribution in [0.5, 0.6) is 5.75 Å². The van der Waals surface area contributed by atoms with E-state index in [1.807, 2.05) is 30.3 Å². The summed E-state index contributed by atoms with van der Waals surface area (Å²) in [4.78, 5) is 29.0. The number of terminal acetylenes is 1. The van der Waals surface area contributed by atoms with E-state index in [0.29, 0.717) is 22.7 Å². The monoisotopic (exact) mass is 408 g/mol. The molecular weight excluding hydrogens is 388 g/mol. The van der Waals surface area contributed by atoms with E-state index in [1.54, 1.807) is 29.7 Å². The zero-order valence-corrected chi connectivity index (χ0v) is 16.8. The molecule has 0 spiro atoms. The minimum Gasteiger partial charge on any atom is -0.493 e. The van der Waals surface area contributed by atoms with Crippen LogP contribution in [0.3, 0.4) is 0 Å². The highest BCUT2D eigenvalue weighted by Gasteiger charge is 2.12. The topological polar surface area (TPSA) is 69.9 Å². The van der Waals surface area contributed by atoms with Crippen LogP contribution in [-0.2, 0) is 16.1 Å². The number of amides is 1. The summed E-state index contributed by atoms with van der Waals surface area (Å²) in [5.41, 5.74) is 1.26. The largest absolute Gasteiger partial charge is 0.493 e. The van der Waals surface area contributed by atoms with Crippen LogP contribution in [0.25, 0.3) is 10.2 Å². The Morgan fingerprint density at radius 2 is 2.00 bits per heavy atom. The highest BCUT2D eigenvalue weighted by molar-refractivity contribution is 7.16. The Morgan fingerprint density at radius 3 is 2.72 bits per heavy atom. The van der Waals surface area contributed by atoms with Gasteiger partial charge in [-0.1, -0.05) is 35.5 Å². The van der Waals surface area contributed by atoms with Crippen molar-refractivity contribution in [1.82, 2.24) is 4.57 Å².